The monoisotopic (exact) mass is 401 g/mol. The van der Waals surface area contributed by atoms with Crippen LogP contribution in [-0.2, 0) is 9.53 Å². The van der Waals surface area contributed by atoms with Gasteiger partial charge in [0, 0.05) is 4.47 Å². The molecule has 0 spiro atoms. The fraction of sp³-hybridized carbons (Fsp3) is 0.158. The molecule has 1 aliphatic rings. The molecule has 128 valence electrons. The van der Waals surface area contributed by atoms with Gasteiger partial charge >= 0.3 is 5.97 Å². The molecule has 0 N–H and O–H groups in total. The first-order valence-electron chi connectivity index (χ1n) is 7.70. The molecule has 0 amide bonds. The Bertz CT molecular complexity index is 873. The van der Waals surface area contributed by atoms with Crippen LogP contribution in [0.2, 0.25) is 0 Å². The molecule has 1 heterocycles. The van der Waals surface area contributed by atoms with Crippen LogP contribution in [0.3, 0.4) is 0 Å². The molecule has 0 aliphatic carbocycles. The van der Waals surface area contributed by atoms with E-state index >= 15 is 0 Å². The predicted octanol–water partition coefficient (Wildman–Crippen LogP) is 4.20. The molecule has 0 unspecified atom stereocenters. The van der Waals surface area contributed by atoms with E-state index in [1.807, 2.05) is 37.3 Å². The van der Waals surface area contributed by atoms with Gasteiger partial charge in [-0.1, -0.05) is 18.2 Å². The Morgan fingerprint density at radius 1 is 1.20 bits per heavy atom. The van der Waals surface area contributed by atoms with E-state index in [1.165, 1.54) is 0 Å². The smallest absolute Gasteiger partial charge is 0.363 e. The van der Waals surface area contributed by atoms with Crippen LogP contribution in [0.5, 0.6) is 11.5 Å². The molecule has 0 fully saturated rings. The van der Waals surface area contributed by atoms with Gasteiger partial charge in [0.1, 0.15) is 0 Å². The molecular formula is C19H16BrNO4. The number of hydrogen-bond donors (Lipinski definition) is 0. The Labute approximate surface area is 154 Å². The standard InChI is InChI=1S/C19H16BrNO4/c1-3-24-17-11-12(8-9-16(17)23-2)10-15-19(22)25-18(21-15)13-6-4-5-7-14(13)20/h4-11H,3H2,1-2H3/b15-10-. The van der Waals surface area contributed by atoms with Gasteiger partial charge in [-0.2, -0.15) is 0 Å². The normalized spacial score (nSPS) is 15.1. The van der Waals surface area contributed by atoms with Gasteiger partial charge in [-0.05, 0) is 58.8 Å². The molecule has 5 nitrogen and oxygen atoms in total. The minimum absolute atomic E-state index is 0.235. The predicted molar refractivity (Wildman–Crippen MR) is 98.9 cm³/mol. The zero-order valence-electron chi connectivity index (χ0n) is 13.8. The summed E-state index contributed by atoms with van der Waals surface area (Å²) in [6, 6.07) is 12.9. The van der Waals surface area contributed by atoms with E-state index < -0.39 is 5.97 Å². The second kappa shape index (κ2) is 7.53. The van der Waals surface area contributed by atoms with Crippen molar-refractivity contribution in [3.63, 3.8) is 0 Å². The highest BCUT2D eigenvalue weighted by atomic mass is 79.9. The SMILES string of the molecule is CCOc1cc(/C=C2\N=C(c3ccccc3Br)OC2=O)ccc1OC. The first-order chi connectivity index (χ1) is 12.1. The molecule has 0 radical (unpaired) electrons. The van der Waals surface area contributed by atoms with Crippen molar-refractivity contribution >= 4 is 33.9 Å². The third-order valence-corrected chi connectivity index (χ3v) is 4.21. The third kappa shape index (κ3) is 3.74. The van der Waals surface area contributed by atoms with Crippen LogP contribution in [0, 0.1) is 0 Å². The lowest BCUT2D eigenvalue weighted by Crippen LogP contribution is -2.05. The van der Waals surface area contributed by atoms with Gasteiger partial charge < -0.3 is 14.2 Å². The number of hydrogen-bond acceptors (Lipinski definition) is 5. The molecular weight excluding hydrogens is 386 g/mol. The van der Waals surface area contributed by atoms with Crippen molar-refractivity contribution in [2.24, 2.45) is 4.99 Å². The first kappa shape index (κ1) is 17.2. The van der Waals surface area contributed by atoms with Crippen LogP contribution in [0.4, 0.5) is 0 Å². The molecule has 0 saturated heterocycles. The first-order valence-corrected chi connectivity index (χ1v) is 8.50. The maximum atomic E-state index is 12.1. The summed E-state index contributed by atoms with van der Waals surface area (Å²) in [4.78, 5) is 16.4. The fourth-order valence-electron chi connectivity index (χ4n) is 2.37. The van der Waals surface area contributed by atoms with Crippen LogP contribution in [-0.4, -0.2) is 25.6 Å². The lowest BCUT2D eigenvalue weighted by Gasteiger charge is -2.09. The topological polar surface area (TPSA) is 57.1 Å². The van der Waals surface area contributed by atoms with E-state index in [1.54, 1.807) is 25.3 Å². The fourth-order valence-corrected chi connectivity index (χ4v) is 2.82. The molecule has 6 heteroatoms. The minimum Gasteiger partial charge on any atom is -0.493 e. The summed E-state index contributed by atoms with van der Waals surface area (Å²) < 4.78 is 16.9. The summed E-state index contributed by atoms with van der Waals surface area (Å²) >= 11 is 3.43. The van der Waals surface area contributed by atoms with Crippen molar-refractivity contribution in [2.75, 3.05) is 13.7 Å². The number of rotatable bonds is 5. The van der Waals surface area contributed by atoms with Gasteiger partial charge in [0.2, 0.25) is 5.90 Å². The average Bonchev–Trinajstić information content (AvgIpc) is 2.96. The lowest BCUT2D eigenvalue weighted by molar-refractivity contribution is -0.129. The van der Waals surface area contributed by atoms with Gasteiger partial charge in [-0.25, -0.2) is 9.79 Å². The Balaban J connectivity index is 1.94. The molecule has 2 aromatic rings. The average molecular weight is 402 g/mol. The second-order valence-electron chi connectivity index (χ2n) is 5.16. The molecule has 25 heavy (non-hydrogen) atoms. The number of cyclic esters (lactones) is 1. The van der Waals surface area contributed by atoms with Crippen molar-refractivity contribution in [3.05, 3.63) is 63.8 Å². The molecule has 0 aromatic heterocycles. The van der Waals surface area contributed by atoms with Gasteiger partial charge in [0.15, 0.2) is 17.2 Å². The van der Waals surface area contributed by atoms with Crippen LogP contribution < -0.4 is 9.47 Å². The number of carbonyl (C=O) groups excluding carboxylic acids is 1. The number of esters is 1. The molecule has 2 aromatic carbocycles. The van der Waals surface area contributed by atoms with Crippen LogP contribution >= 0.6 is 15.9 Å². The minimum atomic E-state index is -0.487. The maximum Gasteiger partial charge on any atom is 0.363 e. The van der Waals surface area contributed by atoms with Crippen molar-refractivity contribution in [1.29, 1.82) is 0 Å². The Morgan fingerprint density at radius 3 is 2.72 bits per heavy atom. The van der Waals surface area contributed by atoms with Gasteiger partial charge in [-0.15, -0.1) is 0 Å². The third-order valence-electron chi connectivity index (χ3n) is 3.52. The highest BCUT2D eigenvalue weighted by Gasteiger charge is 2.25. The highest BCUT2D eigenvalue weighted by molar-refractivity contribution is 9.10. The molecule has 0 bridgehead atoms. The largest absolute Gasteiger partial charge is 0.493 e. The number of carbonyl (C=O) groups is 1. The molecule has 0 atom stereocenters. The summed E-state index contributed by atoms with van der Waals surface area (Å²) in [5.41, 5.74) is 1.73. The van der Waals surface area contributed by atoms with E-state index in [4.69, 9.17) is 14.2 Å². The highest BCUT2D eigenvalue weighted by Crippen LogP contribution is 2.30. The summed E-state index contributed by atoms with van der Waals surface area (Å²) in [7, 11) is 1.58. The van der Waals surface area contributed by atoms with E-state index in [-0.39, 0.29) is 11.6 Å². The summed E-state index contributed by atoms with van der Waals surface area (Å²) in [5, 5.41) is 0. The number of halogens is 1. The van der Waals surface area contributed by atoms with Crippen molar-refractivity contribution < 1.29 is 19.0 Å². The van der Waals surface area contributed by atoms with Gasteiger partial charge in [0.25, 0.3) is 0 Å². The van der Waals surface area contributed by atoms with Gasteiger partial charge in [-0.3, -0.25) is 0 Å². The lowest BCUT2D eigenvalue weighted by atomic mass is 10.1. The second-order valence-corrected chi connectivity index (χ2v) is 6.01. The Hall–Kier alpha value is -2.60. The van der Waals surface area contributed by atoms with Crippen molar-refractivity contribution in [3.8, 4) is 11.5 Å². The zero-order chi connectivity index (χ0) is 17.8. The van der Waals surface area contributed by atoms with Crippen molar-refractivity contribution in [1.82, 2.24) is 0 Å². The van der Waals surface area contributed by atoms with E-state index in [2.05, 4.69) is 20.9 Å². The van der Waals surface area contributed by atoms with Crippen LogP contribution in [0.1, 0.15) is 18.1 Å². The number of methoxy groups -OCH3 is 1. The molecule has 1 aliphatic heterocycles. The number of benzene rings is 2. The van der Waals surface area contributed by atoms with E-state index in [0.29, 0.717) is 18.1 Å². The zero-order valence-corrected chi connectivity index (χ0v) is 15.4. The maximum absolute atomic E-state index is 12.1. The molecule has 3 rings (SSSR count). The quantitative estimate of drug-likeness (QED) is 0.556. The summed E-state index contributed by atoms with van der Waals surface area (Å²) in [5.74, 6) is 1.04. The number of aliphatic imine (C=N–C) groups is 1. The Morgan fingerprint density at radius 2 is 2.00 bits per heavy atom. The van der Waals surface area contributed by atoms with Crippen LogP contribution in [0.25, 0.3) is 6.08 Å². The van der Waals surface area contributed by atoms with Crippen LogP contribution in [0.15, 0.2) is 57.6 Å². The number of nitrogens with zero attached hydrogens (tertiary/aromatic N) is 1. The number of ether oxygens (including phenoxy) is 3. The molecule has 0 saturated carbocycles. The summed E-state index contributed by atoms with van der Waals surface area (Å²) in [6.07, 6.45) is 1.66. The van der Waals surface area contributed by atoms with E-state index in [9.17, 15) is 4.79 Å². The van der Waals surface area contributed by atoms with Crippen molar-refractivity contribution in [2.45, 2.75) is 6.92 Å². The van der Waals surface area contributed by atoms with E-state index in [0.717, 1.165) is 15.6 Å². The van der Waals surface area contributed by atoms with Gasteiger partial charge in [0.05, 0.1) is 19.3 Å². The Kier molecular flexibility index (Phi) is 5.19. The summed E-state index contributed by atoms with van der Waals surface area (Å²) in [6.45, 7) is 2.41.